The summed E-state index contributed by atoms with van der Waals surface area (Å²) in [4.78, 5) is 12.3. The molecule has 1 aliphatic carbocycles. The van der Waals surface area contributed by atoms with Crippen LogP contribution < -0.4 is 5.32 Å². The van der Waals surface area contributed by atoms with Crippen molar-refractivity contribution in [1.82, 2.24) is 5.32 Å². The molecule has 0 aromatic heterocycles. The second-order valence-electron chi connectivity index (χ2n) is 5.16. The van der Waals surface area contributed by atoms with Gasteiger partial charge in [-0.1, -0.05) is 49.6 Å². The van der Waals surface area contributed by atoms with Crippen LogP contribution in [0.5, 0.6) is 0 Å². The summed E-state index contributed by atoms with van der Waals surface area (Å²) in [6.45, 7) is 0.0921. The number of hydrogen-bond acceptors (Lipinski definition) is 2. The van der Waals surface area contributed by atoms with Gasteiger partial charge in [-0.2, -0.15) is 5.26 Å². The van der Waals surface area contributed by atoms with Crippen LogP contribution in [0.25, 0.3) is 0 Å². The zero-order valence-corrected chi connectivity index (χ0v) is 11.1. The molecular weight excluding hydrogens is 236 g/mol. The molecule has 0 heterocycles. The number of benzene rings is 1. The lowest BCUT2D eigenvalue weighted by Crippen LogP contribution is -2.34. The second kappa shape index (κ2) is 6.94. The molecule has 3 heteroatoms. The highest BCUT2D eigenvalue weighted by molar-refractivity contribution is 5.84. The Morgan fingerprint density at radius 2 is 1.95 bits per heavy atom. The van der Waals surface area contributed by atoms with Gasteiger partial charge in [-0.3, -0.25) is 4.79 Å². The summed E-state index contributed by atoms with van der Waals surface area (Å²) in [7, 11) is 0. The Balaban J connectivity index is 2.17. The average molecular weight is 256 g/mol. The standard InChI is InChI=1S/C16H20N2O/c17-11-12-18-16(19)15(13-7-3-1-4-8-13)14-9-5-2-6-10-14/h1,3-4,7-8,14-15H,2,5-6,9-10,12H2,(H,18,19)/t15-/m1/s1. The third-order valence-electron chi connectivity index (χ3n) is 3.90. The van der Waals surface area contributed by atoms with Gasteiger partial charge in [0.05, 0.1) is 12.0 Å². The predicted octanol–water partition coefficient (Wildman–Crippen LogP) is 2.99. The number of amides is 1. The summed E-state index contributed by atoms with van der Waals surface area (Å²) in [6.07, 6.45) is 5.91. The van der Waals surface area contributed by atoms with Crippen molar-refractivity contribution in [3.8, 4) is 6.07 Å². The molecule has 3 nitrogen and oxygen atoms in total. The summed E-state index contributed by atoms with van der Waals surface area (Å²) in [5.41, 5.74) is 1.07. The Kier molecular flexibility index (Phi) is 4.97. The van der Waals surface area contributed by atoms with E-state index in [1.807, 2.05) is 36.4 Å². The first-order valence-corrected chi connectivity index (χ1v) is 7.02. The van der Waals surface area contributed by atoms with Gasteiger partial charge in [-0.25, -0.2) is 0 Å². The minimum atomic E-state index is -0.102. The molecule has 2 rings (SSSR count). The number of nitrogens with zero attached hydrogens (tertiary/aromatic N) is 1. The van der Waals surface area contributed by atoms with Gasteiger partial charge in [-0.05, 0) is 24.3 Å². The van der Waals surface area contributed by atoms with Gasteiger partial charge in [0.15, 0.2) is 0 Å². The van der Waals surface area contributed by atoms with Crippen LogP contribution in [0.1, 0.15) is 43.6 Å². The molecule has 0 spiro atoms. The Labute approximate surface area is 114 Å². The van der Waals surface area contributed by atoms with Crippen molar-refractivity contribution < 1.29 is 4.79 Å². The van der Waals surface area contributed by atoms with E-state index >= 15 is 0 Å². The molecular formula is C16H20N2O. The van der Waals surface area contributed by atoms with Crippen LogP contribution in [-0.4, -0.2) is 12.5 Å². The molecule has 1 aliphatic rings. The molecule has 1 fully saturated rings. The van der Waals surface area contributed by atoms with Gasteiger partial charge >= 0.3 is 0 Å². The van der Waals surface area contributed by atoms with E-state index in [1.165, 1.54) is 19.3 Å². The van der Waals surface area contributed by atoms with Gasteiger partial charge in [0, 0.05) is 0 Å². The highest BCUT2D eigenvalue weighted by Crippen LogP contribution is 2.36. The van der Waals surface area contributed by atoms with Crippen LogP contribution in [0.3, 0.4) is 0 Å². The molecule has 0 unspecified atom stereocenters. The quantitative estimate of drug-likeness (QED) is 0.842. The first kappa shape index (κ1) is 13.6. The Bertz CT molecular complexity index is 444. The second-order valence-corrected chi connectivity index (χ2v) is 5.16. The zero-order valence-electron chi connectivity index (χ0n) is 11.1. The minimum absolute atomic E-state index is 0.000324. The SMILES string of the molecule is N#CCNC(=O)[C@H](c1ccccc1)C1CCCCC1. The predicted molar refractivity (Wildman–Crippen MR) is 74.4 cm³/mol. The van der Waals surface area contributed by atoms with Gasteiger partial charge < -0.3 is 5.32 Å². The Morgan fingerprint density at radius 1 is 1.26 bits per heavy atom. The molecule has 0 aliphatic heterocycles. The molecule has 1 aromatic carbocycles. The number of nitriles is 1. The Hall–Kier alpha value is -1.82. The summed E-state index contributed by atoms with van der Waals surface area (Å²) in [6, 6.07) is 11.9. The van der Waals surface area contributed by atoms with E-state index in [9.17, 15) is 4.79 Å². The normalized spacial score (nSPS) is 17.4. The highest BCUT2D eigenvalue weighted by Gasteiger charge is 2.30. The number of rotatable bonds is 4. The van der Waals surface area contributed by atoms with Crippen LogP contribution in [0.15, 0.2) is 30.3 Å². The molecule has 1 aromatic rings. The van der Waals surface area contributed by atoms with Crippen molar-refractivity contribution in [2.45, 2.75) is 38.0 Å². The Morgan fingerprint density at radius 3 is 2.58 bits per heavy atom. The molecule has 19 heavy (non-hydrogen) atoms. The largest absolute Gasteiger partial charge is 0.342 e. The monoisotopic (exact) mass is 256 g/mol. The topological polar surface area (TPSA) is 52.9 Å². The maximum atomic E-state index is 12.3. The molecule has 100 valence electrons. The molecule has 0 saturated heterocycles. The van der Waals surface area contributed by atoms with Gasteiger partial charge in [-0.15, -0.1) is 0 Å². The van der Waals surface area contributed by atoms with Crippen LogP contribution in [-0.2, 0) is 4.79 Å². The maximum absolute atomic E-state index is 12.3. The number of carbonyl (C=O) groups excluding carboxylic acids is 1. The molecule has 1 atom stereocenters. The third-order valence-corrected chi connectivity index (χ3v) is 3.90. The number of nitrogens with one attached hydrogen (secondary N) is 1. The van der Waals surface area contributed by atoms with E-state index < -0.39 is 0 Å². The van der Waals surface area contributed by atoms with Crippen molar-refractivity contribution in [2.75, 3.05) is 6.54 Å². The number of carbonyl (C=O) groups is 1. The fraction of sp³-hybridized carbons (Fsp3) is 0.500. The lowest BCUT2D eigenvalue weighted by molar-refractivity contribution is -0.123. The van der Waals surface area contributed by atoms with Gasteiger partial charge in [0.1, 0.15) is 6.54 Å². The maximum Gasteiger partial charge on any atom is 0.228 e. The van der Waals surface area contributed by atoms with E-state index in [1.54, 1.807) is 0 Å². The van der Waals surface area contributed by atoms with Crippen molar-refractivity contribution in [1.29, 1.82) is 5.26 Å². The summed E-state index contributed by atoms with van der Waals surface area (Å²) in [5.74, 6) is 0.310. The minimum Gasteiger partial charge on any atom is -0.342 e. The fourth-order valence-corrected chi connectivity index (χ4v) is 3.00. The van der Waals surface area contributed by atoms with Crippen molar-refractivity contribution >= 4 is 5.91 Å². The van der Waals surface area contributed by atoms with Crippen LogP contribution in [0.4, 0.5) is 0 Å². The first-order chi connectivity index (χ1) is 9.33. The summed E-state index contributed by atoms with van der Waals surface area (Å²) >= 11 is 0. The van der Waals surface area contributed by atoms with Gasteiger partial charge in [0.25, 0.3) is 0 Å². The van der Waals surface area contributed by atoms with E-state index in [4.69, 9.17) is 5.26 Å². The average Bonchev–Trinajstić information content (AvgIpc) is 2.47. The van der Waals surface area contributed by atoms with Crippen molar-refractivity contribution in [2.24, 2.45) is 5.92 Å². The lowest BCUT2D eigenvalue weighted by atomic mass is 9.76. The van der Waals surface area contributed by atoms with Crippen molar-refractivity contribution in [3.05, 3.63) is 35.9 Å². The number of hydrogen-bond donors (Lipinski definition) is 1. The van der Waals surface area contributed by atoms with Crippen molar-refractivity contribution in [3.63, 3.8) is 0 Å². The van der Waals surface area contributed by atoms with Crippen LogP contribution >= 0.6 is 0 Å². The van der Waals surface area contributed by atoms with E-state index in [0.29, 0.717) is 5.92 Å². The summed E-state index contributed by atoms with van der Waals surface area (Å²) < 4.78 is 0. The van der Waals surface area contributed by atoms with E-state index in [2.05, 4.69) is 5.32 Å². The van der Waals surface area contributed by atoms with Crippen LogP contribution in [0.2, 0.25) is 0 Å². The highest BCUT2D eigenvalue weighted by atomic mass is 16.1. The van der Waals surface area contributed by atoms with Crippen LogP contribution in [0, 0.1) is 17.2 Å². The lowest BCUT2D eigenvalue weighted by Gasteiger charge is -2.29. The summed E-state index contributed by atoms with van der Waals surface area (Å²) in [5, 5.41) is 11.3. The molecule has 1 N–H and O–H groups in total. The third kappa shape index (κ3) is 3.57. The van der Waals surface area contributed by atoms with E-state index in [-0.39, 0.29) is 18.4 Å². The molecule has 0 radical (unpaired) electrons. The zero-order chi connectivity index (χ0) is 13.5. The molecule has 1 saturated carbocycles. The first-order valence-electron chi connectivity index (χ1n) is 7.02. The molecule has 1 amide bonds. The molecule has 0 bridgehead atoms. The fourth-order valence-electron chi connectivity index (χ4n) is 3.00. The van der Waals surface area contributed by atoms with Gasteiger partial charge in [0.2, 0.25) is 5.91 Å². The smallest absolute Gasteiger partial charge is 0.228 e. The van der Waals surface area contributed by atoms with E-state index in [0.717, 1.165) is 18.4 Å².